The molecule has 0 aromatic rings. The van der Waals surface area contributed by atoms with Gasteiger partial charge < -0.3 is 10.1 Å². The summed E-state index contributed by atoms with van der Waals surface area (Å²) >= 11 is 0. The van der Waals surface area contributed by atoms with Crippen molar-refractivity contribution in [2.24, 2.45) is 5.92 Å². The molecule has 0 aromatic carbocycles. The molecular formula is C14H24N2O3. The third-order valence-corrected chi connectivity index (χ3v) is 3.63. The van der Waals surface area contributed by atoms with Gasteiger partial charge in [-0.15, -0.1) is 0 Å². The number of methoxy groups -OCH3 is 1. The van der Waals surface area contributed by atoms with Gasteiger partial charge >= 0.3 is 5.97 Å². The summed E-state index contributed by atoms with van der Waals surface area (Å²) in [7, 11) is 3.09. The van der Waals surface area contributed by atoms with E-state index in [2.05, 4.69) is 10.2 Å². The van der Waals surface area contributed by atoms with Gasteiger partial charge in [-0.2, -0.15) is 0 Å². The van der Waals surface area contributed by atoms with Gasteiger partial charge in [0.15, 0.2) is 0 Å². The highest BCUT2D eigenvalue weighted by atomic mass is 16.5. The van der Waals surface area contributed by atoms with Crippen LogP contribution in [0.5, 0.6) is 0 Å². The number of ether oxygens (including phenoxy) is 1. The van der Waals surface area contributed by atoms with Crippen LogP contribution in [0, 0.1) is 5.92 Å². The van der Waals surface area contributed by atoms with Gasteiger partial charge in [0.25, 0.3) is 0 Å². The molecule has 0 atom stereocenters. The molecule has 108 valence electrons. The van der Waals surface area contributed by atoms with Crippen molar-refractivity contribution in [3.05, 3.63) is 11.6 Å². The lowest BCUT2D eigenvalue weighted by molar-refractivity contribution is -0.136. The van der Waals surface area contributed by atoms with Crippen LogP contribution in [-0.2, 0) is 14.3 Å². The van der Waals surface area contributed by atoms with E-state index in [9.17, 15) is 9.59 Å². The van der Waals surface area contributed by atoms with Gasteiger partial charge in [0.05, 0.1) is 7.11 Å². The molecular weight excluding hydrogens is 244 g/mol. The first-order valence-corrected chi connectivity index (χ1v) is 6.83. The molecule has 5 heteroatoms. The Kier molecular flexibility index (Phi) is 6.56. The van der Waals surface area contributed by atoms with E-state index in [-0.39, 0.29) is 17.8 Å². The zero-order chi connectivity index (χ0) is 14.3. The predicted octanol–water partition coefficient (Wildman–Crippen LogP) is 0.954. The smallest absolute Gasteiger partial charge is 0.333 e. The van der Waals surface area contributed by atoms with Crippen molar-refractivity contribution in [2.75, 3.05) is 33.8 Å². The molecule has 1 amide bonds. The van der Waals surface area contributed by atoms with Crippen LogP contribution < -0.4 is 5.32 Å². The van der Waals surface area contributed by atoms with Gasteiger partial charge in [-0.3, -0.25) is 9.69 Å². The lowest BCUT2D eigenvalue weighted by Crippen LogP contribution is -2.39. The maximum atomic E-state index is 11.5. The molecule has 1 fully saturated rings. The van der Waals surface area contributed by atoms with Crippen LogP contribution in [0.25, 0.3) is 0 Å². The molecule has 0 bridgehead atoms. The third-order valence-electron chi connectivity index (χ3n) is 3.63. The number of hydrogen-bond acceptors (Lipinski definition) is 4. The number of carbonyl (C=O) groups is 2. The number of amides is 1. The second-order valence-corrected chi connectivity index (χ2v) is 4.76. The second kappa shape index (κ2) is 7.94. The minimum Gasteiger partial charge on any atom is -0.466 e. The number of piperidine rings is 1. The Labute approximate surface area is 115 Å². The summed E-state index contributed by atoms with van der Waals surface area (Å²) in [6.07, 6.45) is 4.38. The zero-order valence-corrected chi connectivity index (χ0v) is 12.1. The monoisotopic (exact) mass is 268 g/mol. The topological polar surface area (TPSA) is 58.6 Å². The van der Waals surface area contributed by atoms with Crippen molar-refractivity contribution in [2.45, 2.75) is 26.2 Å². The molecule has 19 heavy (non-hydrogen) atoms. The summed E-state index contributed by atoms with van der Waals surface area (Å²) in [4.78, 5) is 25.2. The minimum absolute atomic E-state index is 0.136. The van der Waals surface area contributed by atoms with Crippen molar-refractivity contribution >= 4 is 11.9 Å². The fraction of sp³-hybridized carbons (Fsp3) is 0.714. The van der Waals surface area contributed by atoms with E-state index < -0.39 is 0 Å². The summed E-state index contributed by atoms with van der Waals surface area (Å²) in [5.74, 6) is 0.0261. The maximum Gasteiger partial charge on any atom is 0.333 e. The first-order valence-electron chi connectivity index (χ1n) is 6.83. The molecule has 1 heterocycles. The van der Waals surface area contributed by atoms with Crippen molar-refractivity contribution < 1.29 is 14.3 Å². The quantitative estimate of drug-likeness (QED) is 0.596. The molecule has 1 rings (SSSR count). The number of rotatable bonds is 5. The predicted molar refractivity (Wildman–Crippen MR) is 73.6 cm³/mol. The van der Waals surface area contributed by atoms with Crippen molar-refractivity contribution in [3.63, 3.8) is 0 Å². The molecule has 0 spiro atoms. The van der Waals surface area contributed by atoms with Gasteiger partial charge in [-0.05, 0) is 32.4 Å². The van der Waals surface area contributed by atoms with Gasteiger partial charge in [0.1, 0.15) is 0 Å². The average molecular weight is 268 g/mol. The van der Waals surface area contributed by atoms with Gasteiger partial charge in [0, 0.05) is 25.1 Å². The number of nitrogens with zero attached hydrogens (tertiary/aromatic N) is 1. The highest BCUT2D eigenvalue weighted by molar-refractivity contribution is 5.88. The Bertz CT molecular complexity index is 345. The number of likely N-dealkylation sites (tertiary alicyclic amines) is 1. The summed E-state index contributed by atoms with van der Waals surface area (Å²) in [6, 6.07) is 0. The summed E-state index contributed by atoms with van der Waals surface area (Å²) in [5, 5.41) is 2.70. The lowest BCUT2D eigenvalue weighted by atomic mass is 9.96. The van der Waals surface area contributed by atoms with Crippen LogP contribution in [0.2, 0.25) is 0 Å². The Morgan fingerprint density at radius 1 is 1.37 bits per heavy atom. The molecule has 0 aliphatic carbocycles. The van der Waals surface area contributed by atoms with E-state index in [1.165, 1.54) is 7.11 Å². The third kappa shape index (κ3) is 4.67. The Morgan fingerprint density at radius 2 is 2.00 bits per heavy atom. The Balaban J connectivity index is 2.42. The summed E-state index contributed by atoms with van der Waals surface area (Å²) in [5.41, 5.74) is 0.718. The number of nitrogens with one attached hydrogen (secondary N) is 1. The molecule has 0 unspecified atom stereocenters. The Morgan fingerprint density at radius 3 is 2.47 bits per heavy atom. The van der Waals surface area contributed by atoms with Gasteiger partial charge in [-0.1, -0.05) is 13.0 Å². The molecule has 1 aliphatic heterocycles. The highest BCUT2D eigenvalue weighted by Crippen LogP contribution is 2.17. The summed E-state index contributed by atoms with van der Waals surface area (Å²) in [6.45, 7) is 4.48. The van der Waals surface area contributed by atoms with E-state index in [1.54, 1.807) is 7.05 Å². The van der Waals surface area contributed by atoms with Crippen LogP contribution in [0.1, 0.15) is 26.2 Å². The fourth-order valence-electron chi connectivity index (χ4n) is 2.32. The van der Waals surface area contributed by atoms with Crippen molar-refractivity contribution in [1.82, 2.24) is 10.2 Å². The number of esters is 1. The SMILES string of the molecule is CCC(=CCN1CCC(C(=O)NC)CC1)C(=O)OC. The first kappa shape index (κ1) is 15.7. The first-order chi connectivity index (χ1) is 9.12. The van der Waals surface area contributed by atoms with Crippen LogP contribution in [0.4, 0.5) is 0 Å². The molecule has 0 saturated carbocycles. The molecule has 5 nitrogen and oxygen atoms in total. The molecule has 1 saturated heterocycles. The van der Waals surface area contributed by atoms with Crippen LogP contribution in [0.15, 0.2) is 11.6 Å². The standard InChI is InChI=1S/C14H24N2O3/c1-4-11(14(18)19-3)5-8-16-9-6-12(7-10-16)13(17)15-2/h5,12H,4,6-10H2,1-3H3,(H,15,17). The molecule has 0 aromatic heterocycles. The van der Waals surface area contributed by atoms with Gasteiger partial charge in [0.2, 0.25) is 5.91 Å². The second-order valence-electron chi connectivity index (χ2n) is 4.76. The molecule has 0 radical (unpaired) electrons. The van der Waals surface area contributed by atoms with E-state index in [1.807, 2.05) is 13.0 Å². The average Bonchev–Trinajstić information content (AvgIpc) is 2.47. The number of carbonyl (C=O) groups excluding carboxylic acids is 2. The van der Waals surface area contributed by atoms with E-state index in [0.717, 1.165) is 38.0 Å². The lowest BCUT2D eigenvalue weighted by Gasteiger charge is -2.30. The van der Waals surface area contributed by atoms with Crippen molar-refractivity contribution in [3.8, 4) is 0 Å². The normalized spacial score (nSPS) is 18.2. The maximum absolute atomic E-state index is 11.5. The molecule has 1 aliphatic rings. The largest absolute Gasteiger partial charge is 0.466 e. The van der Waals surface area contributed by atoms with Crippen LogP contribution >= 0.6 is 0 Å². The van der Waals surface area contributed by atoms with Crippen LogP contribution in [0.3, 0.4) is 0 Å². The van der Waals surface area contributed by atoms with E-state index in [0.29, 0.717) is 6.42 Å². The number of hydrogen-bond donors (Lipinski definition) is 1. The highest BCUT2D eigenvalue weighted by Gasteiger charge is 2.23. The van der Waals surface area contributed by atoms with Gasteiger partial charge in [-0.25, -0.2) is 4.79 Å². The Hall–Kier alpha value is -1.36. The van der Waals surface area contributed by atoms with E-state index in [4.69, 9.17) is 4.74 Å². The fourth-order valence-corrected chi connectivity index (χ4v) is 2.32. The van der Waals surface area contributed by atoms with E-state index >= 15 is 0 Å². The van der Waals surface area contributed by atoms with Crippen molar-refractivity contribution in [1.29, 1.82) is 0 Å². The molecule has 1 N–H and O–H groups in total. The van der Waals surface area contributed by atoms with Crippen LogP contribution in [-0.4, -0.2) is 50.6 Å². The zero-order valence-electron chi connectivity index (χ0n) is 12.1. The summed E-state index contributed by atoms with van der Waals surface area (Å²) < 4.78 is 4.73. The minimum atomic E-state index is -0.247.